The number of nitrogens with one attached hydrogen (secondary N) is 2. The molecule has 0 fully saturated rings. The van der Waals surface area contributed by atoms with Crippen molar-refractivity contribution in [3.05, 3.63) is 82.4 Å². The van der Waals surface area contributed by atoms with Gasteiger partial charge >= 0.3 is 11.7 Å². The van der Waals surface area contributed by atoms with Crippen LogP contribution in [0.2, 0.25) is 0 Å². The van der Waals surface area contributed by atoms with E-state index in [1.54, 1.807) is 24.3 Å². The molecule has 32 heavy (non-hydrogen) atoms. The van der Waals surface area contributed by atoms with Crippen LogP contribution in [-0.4, -0.2) is 26.9 Å². The van der Waals surface area contributed by atoms with Crippen LogP contribution in [0.5, 0.6) is 5.88 Å². The minimum absolute atomic E-state index is 0.312. The number of aromatic amines is 1. The summed E-state index contributed by atoms with van der Waals surface area (Å²) in [5.41, 5.74) is 1.61. The van der Waals surface area contributed by atoms with Gasteiger partial charge in [-0.15, -0.1) is 0 Å². The first-order chi connectivity index (χ1) is 15.1. The molecule has 0 atom stereocenters. The Bertz CT molecular complexity index is 1360. The third-order valence-corrected chi connectivity index (χ3v) is 6.41. The van der Waals surface area contributed by atoms with E-state index in [0.29, 0.717) is 17.8 Å². The Kier molecular flexibility index (Phi) is 7.15. The van der Waals surface area contributed by atoms with Crippen molar-refractivity contribution in [3.63, 3.8) is 0 Å². The molecule has 0 unspecified atom stereocenters. The summed E-state index contributed by atoms with van der Waals surface area (Å²) in [6.45, 7) is 5.67. The molecule has 0 bridgehead atoms. The fourth-order valence-corrected chi connectivity index (χ4v) is 3.97. The summed E-state index contributed by atoms with van der Waals surface area (Å²) >= 11 is 6.81. The van der Waals surface area contributed by atoms with Crippen molar-refractivity contribution >= 4 is 49.8 Å². The van der Waals surface area contributed by atoms with E-state index in [9.17, 15) is 19.5 Å². The van der Waals surface area contributed by atoms with Gasteiger partial charge in [0.2, 0.25) is 5.88 Å². The van der Waals surface area contributed by atoms with E-state index in [1.807, 2.05) is 26.8 Å². The van der Waals surface area contributed by atoms with E-state index in [4.69, 9.17) is 0 Å². The maximum atomic E-state index is 12.5. The van der Waals surface area contributed by atoms with Crippen molar-refractivity contribution in [1.29, 1.82) is 0 Å². The van der Waals surface area contributed by atoms with Gasteiger partial charge in [0.15, 0.2) is 0 Å². The number of aliphatic imine (C=N–C) groups is 1. The third kappa shape index (κ3) is 4.76. The maximum absolute atomic E-state index is 12.5. The van der Waals surface area contributed by atoms with Gasteiger partial charge in [-0.3, -0.25) is 9.78 Å². The molecule has 0 saturated heterocycles. The van der Waals surface area contributed by atoms with E-state index < -0.39 is 23.2 Å². The highest BCUT2D eigenvalue weighted by atomic mass is 79.9. The summed E-state index contributed by atoms with van der Waals surface area (Å²) in [6.07, 6.45) is 1.52. The van der Waals surface area contributed by atoms with Crippen molar-refractivity contribution in [1.82, 2.24) is 9.55 Å². The summed E-state index contributed by atoms with van der Waals surface area (Å²) in [4.78, 5) is 43.0. The number of urea groups is 1. The number of hydrogen-bond donors (Lipinski definition) is 3. The highest BCUT2D eigenvalue weighted by Crippen LogP contribution is 2.26. The number of carbonyl (C=O) groups is 1. The lowest BCUT2D eigenvalue weighted by atomic mass is 10.1. The van der Waals surface area contributed by atoms with Crippen LogP contribution in [0.25, 0.3) is 5.69 Å². The van der Waals surface area contributed by atoms with Crippen molar-refractivity contribution in [3.8, 4) is 11.6 Å². The van der Waals surface area contributed by atoms with Crippen molar-refractivity contribution < 1.29 is 9.90 Å². The van der Waals surface area contributed by atoms with E-state index in [2.05, 4.69) is 47.2 Å². The molecule has 1 heterocycles. The van der Waals surface area contributed by atoms with Crippen LogP contribution < -0.4 is 16.6 Å². The lowest BCUT2D eigenvalue weighted by molar-refractivity contribution is 0.259. The molecule has 3 rings (SSSR count). The number of rotatable bonds is 4. The molecule has 166 valence electrons. The number of nitrogens with zero attached hydrogens (tertiary/aromatic N) is 2. The summed E-state index contributed by atoms with van der Waals surface area (Å²) in [5.74, 6) is -0.608. The Labute approximate surface area is 200 Å². The molecule has 3 aromatic rings. The molecule has 0 saturated carbocycles. The first-order valence-corrected chi connectivity index (χ1v) is 11.2. The Morgan fingerprint density at radius 2 is 1.91 bits per heavy atom. The summed E-state index contributed by atoms with van der Waals surface area (Å²) in [6, 6.07) is 7.98. The van der Waals surface area contributed by atoms with Gasteiger partial charge in [-0.25, -0.2) is 19.1 Å². The van der Waals surface area contributed by atoms with Gasteiger partial charge < -0.3 is 10.4 Å². The highest BCUT2D eigenvalue weighted by molar-refractivity contribution is 9.10. The second-order valence-electron chi connectivity index (χ2n) is 6.99. The quantitative estimate of drug-likeness (QED) is 0.402. The summed E-state index contributed by atoms with van der Waals surface area (Å²) in [5, 5.41) is 13.4. The van der Waals surface area contributed by atoms with Crippen molar-refractivity contribution in [2.24, 2.45) is 4.99 Å². The minimum atomic E-state index is -0.855. The fourth-order valence-electron chi connectivity index (χ4n) is 3.13. The number of carbonyl (C=O) groups excluding carboxylic acids is 1. The first-order valence-electron chi connectivity index (χ1n) is 9.61. The summed E-state index contributed by atoms with van der Waals surface area (Å²) < 4.78 is 2.70. The predicted octanol–water partition coefficient (Wildman–Crippen LogP) is 4.59. The predicted molar refractivity (Wildman–Crippen MR) is 132 cm³/mol. The van der Waals surface area contributed by atoms with Crippen LogP contribution in [0, 0.1) is 13.8 Å². The van der Waals surface area contributed by atoms with Crippen molar-refractivity contribution in [2.75, 3.05) is 5.32 Å². The lowest BCUT2D eigenvalue weighted by Crippen LogP contribution is -2.32. The molecular weight excluding hydrogens is 544 g/mol. The van der Waals surface area contributed by atoms with E-state index >= 15 is 0 Å². The molecule has 8 nitrogen and oxygen atoms in total. The lowest BCUT2D eigenvalue weighted by Gasteiger charge is -2.13. The molecule has 1 aromatic heterocycles. The minimum Gasteiger partial charge on any atom is -0.493 e. The average molecular weight is 564 g/mol. The number of aromatic hydroxyl groups is 1. The topological polar surface area (TPSA) is 117 Å². The molecule has 0 aliphatic heterocycles. The zero-order valence-corrected chi connectivity index (χ0v) is 20.7. The van der Waals surface area contributed by atoms with Gasteiger partial charge in [0.1, 0.15) is 5.56 Å². The monoisotopic (exact) mass is 562 g/mol. The van der Waals surface area contributed by atoms with Crippen LogP contribution in [0.15, 0.2) is 53.9 Å². The molecular formula is C22H20Br2N4O4. The van der Waals surface area contributed by atoms with Gasteiger partial charge in [-0.1, -0.05) is 38.8 Å². The van der Waals surface area contributed by atoms with Gasteiger partial charge in [0, 0.05) is 14.6 Å². The van der Waals surface area contributed by atoms with Crippen LogP contribution in [0.4, 0.5) is 10.5 Å². The zero-order valence-electron chi connectivity index (χ0n) is 17.5. The molecule has 0 aliphatic carbocycles. The number of aromatic nitrogens is 2. The number of anilines is 1. The maximum Gasteiger partial charge on any atom is 0.345 e. The smallest absolute Gasteiger partial charge is 0.345 e. The van der Waals surface area contributed by atoms with Crippen LogP contribution in [0.1, 0.15) is 29.2 Å². The van der Waals surface area contributed by atoms with Gasteiger partial charge in [0.25, 0.3) is 5.56 Å². The fraction of sp³-hybridized carbons (Fsp3) is 0.182. The molecule has 0 spiro atoms. The number of aryl methyl sites for hydroxylation is 1. The Morgan fingerprint density at radius 3 is 2.59 bits per heavy atom. The normalized spacial score (nSPS) is 11.2. The summed E-state index contributed by atoms with van der Waals surface area (Å²) in [7, 11) is 0. The molecule has 0 radical (unpaired) electrons. The number of benzene rings is 2. The van der Waals surface area contributed by atoms with Crippen molar-refractivity contribution in [2.45, 2.75) is 27.2 Å². The second kappa shape index (κ2) is 9.66. The average Bonchev–Trinajstić information content (AvgIpc) is 2.74. The Balaban J connectivity index is 1.99. The SMILES string of the molecule is CCc1cc(Br)ccc1-n1c(O)c(C=NC(=O)Nc2ccc(Br)c(C)c2C)c(=O)[nH]c1=O. The number of halogens is 2. The second-order valence-corrected chi connectivity index (χ2v) is 8.76. The van der Waals surface area contributed by atoms with E-state index in [1.165, 1.54) is 0 Å². The number of hydrogen-bond acceptors (Lipinski definition) is 4. The number of H-pyrrole nitrogens is 1. The van der Waals surface area contributed by atoms with Crippen LogP contribution in [-0.2, 0) is 6.42 Å². The molecule has 3 N–H and O–H groups in total. The molecule has 2 aromatic carbocycles. The standard InChI is InChI=1S/C22H20Br2N4O4/c1-4-13-9-14(23)5-8-18(13)28-20(30)15(19(29)27-22(28)32)10-25-21(31)26-17-7-6-16(24)11(2)12(17)3/h5-10,30H,4H2,1-3H3,(H,26,31)(H,27,29,32). The highest BCUT2D eigenvalue weighted by Gasteiger charge is 2.17. The van der Waals surface area contributed by atoms with Crippen LogP contribution >= 0.6 is 31.9 Å². The number of amides is 2. The molecule has 0 aliphatic rings. The van der Waals surface area contributed by atoms with Gasteiger partial charge in [-0.05, 0) is 67.3 Å². The first kappa shape index (κ1) is 23.7. The van der Waals surface area contributed by atoms with E-state index in [0.717, 1.165) is 36.4 Å². The van der Waals surface area contributed by atoms with Crippen LogP contribution in [0.3, 0.4) is 0 Å². The Morgan fingerprint density at radius 1 is 1.19 bits per heavy atom. The largest absolute Gasteiger partial charge is 0.493 e. The third-order valence-electron chi connectivity index (χ3n) is 5.06. The molecule has 2 amide bonds. The van der Waals surface area contributed by atoms with E-state index in [-0.39, 0.29) is 5.56 Å². The zero-order chi connectivity index (χ0) is 23.6. The van der Waals surface area contributed by atoms with Gasteiger partial charge in [0.05, 0.1) is 11.9 Å². The van der Waals surface area contributed by atoms with Gasteiger partial charge in [-0.2, -0.15) is 0 Å². The Hall–Kier alpha value is -2.98. The molecule has 10 heteroatoms.